The first-order chi connectivity index (χ1) is 13.1. The van der Waals surface area contributed by atoms with Crippen molar-refractivity contribution in [2.75, 3.05) is 37.7 Å². The van der Waals surface area contributed by atoms with Crippen molar-refractivity contribution in [1.82, 2.24) is 4.90 Å². The van der Waals surface area contributed by atoms with Gasteiger partial charge in [-0.15, -0.1) is 0 Å². The maximum absolute atomic E-state index is 13.1. The second-order valence-electron chi connectivity index (χ2n) is 6.43. The summed E-state index contributed by atoms with van der Waals surface area (Å²) in [6, 6.07) is 14.0. The Bertz CT molecular complexity index is 849. The van der Waals surface area contributed by atoms with Crippen LogP contribution >= 0.6 is 11.6 Å². The molecule has 0 unspecified atom stereocenters. The van der Waals surface area contributed by atoms with Crippen LogP contribution in [-0.4, -0.2) is 55.7 Å². The maximum Gasteiger partial charge on any atom is 0.265 e. The number of amides is 2. The van der Waals surface area contributed by atoms with Gasteiger partial charge in [-0.1, -0.05) is 23.7 Å². The van der Waals surface area contributed by atoms with Gasteiger partial charge in [0.25, 0.3) is 11.8 Å². The molecule has 27 heavy (non-hydrogen) atoms. The number of morpholine rings is 1. The molecule has 2 amide bonds. The molecule has 0 aromatic heterocycles. The first kappa shape index (κ1) is 17.8. The molecule has 140 valence electrons. The highest BCUT2D eigenvalue weighted by Crippen LogP contribution is 2.34. The Hall–Kier alpha value is -2.57. The molecular weight excluding hydrogens is 368 g/mol. The molecule has 0 aliphatic carbocycles. The Morgan fingerprint density at radius 1 is 1.00 bits per heavy atom. The molecule has 0 spiro atoms. The number of hydrogen-bond donors (Lipinski definition) is 0. The van der Waals surface area contributed by atoms with Gasteiger partial charge < -0.3 is 19.3 Å². The molecule has 4 rings (SSSR count). The van der Waals surface area contributed by atoms with Crippen molar-refractivity contribution < 1.29 is 19.1 Å². The smallest absolute Gasteiger partial charge is 0.265 e. The fourth-order valence-corrected chi connectivity index (χ4v) is 3.42. The van der Waals surface area contributed by atoms with E-state index in [0.717, 1.165) is 0 Å². The van der Waals surface area contributed by atoms with Crippen molar-refractivity contribution in [3.8, 4) is 5.75 Å². The largest absolute Gasteiger partial charge is 0.476 e. The molecule has 1 atom stereocenters. The lowest BCUT2D eigenvalue weighted by molar-refractivity contribution is -0.142. The zero-order valence-electron chi connectivity index (χ0n) is 14.6. The normalized spacial score (nSPS) is 19.2. The SMILES string of the molecule is O=C([C@@H]1CN(C(=O)c2ccc(Cl)cc2)c2ccccc2O1)N1CCOCC1. The summed E-state index contributed by atoms with van der Waals surface area (Å²) in [5.74, 6) is 0.210. The van der Waals surface area contributed by atoms with E-state index in [4.69, 9.17) is 21.1 Å². The zero-order valence-corrected chi connectivity index (χ0v) is 15.4. The van der Waals surface area contributed by atoms with Crippen molar-refractivity contribution in [1.29, 1.82) is 0 Å². The number of rotatable bonds is 2. The lowest BCUT2D eigenvalue weighted by Gasteiger charge is -2.37. The molecule has 2 aliphatic rings. The molecule has 2 heterocycles. The van der Waals surface area contributed by atoms with Gasteiger partial charge in [0.1, 0.15) is 5.75 Å². The van der Waals surface area contributed by atoms with E-state index in [1.165, 1.54) is 0 Å². The van der Waals surface area contributed by atoms with Gasteiger partial charge in [0.05, 0.1) is 25.4 Å². The average Bonchev–Trinajstić information content (AvgIpc) is 2.73. The predicted octanol–water partition coefficient (Wildman–Crippen LogP) is 2.61. The standard InChI is InChI=1S/C20H19ClN2O4/c21-15-7-5-14(6-8-15)19(24)23-13-18(20(25)22-9-11-26-12-10-22)27-17-4-2-1-3-16(17)23/h1-8,18H,9-13H2/t18-/m0/s1. The molecule has 1 fully saturated rings. The number of fused-ring (bicyclic) bond motifs is 1. The molecule has 0 bridgehead atoms. The first-order valence-electron chi connectivity index (χ1n) is 8.83. The van der Waals surface area contributed by atoms with E-state index >= 15 is 0 Å². The van der Waals surface area contributed by atoms with E-state index < -0.39 is 6.10 Å². The number of hydrogen-bond acceptors (Lipinski definition) is 4. The van der Waals surface area contributed by atoms with Crippen LogP contribution in [0.25, 0.3) is 0 Å². The van der Waals surface area contributed by atoms with Crippen LogP contribution in [0, 0.1) is 0 Å². The highest BCUT2D eigenvalue weighted by Gasteiger charge is 2.36. The van der Waals surface area contributed by atoms with E-state index in [2.05, 4.69) is 0 Å². The van der Waals surface area contributed by atoms with Gasteiger partial charge >= 0.3 is 0 Å². The van der Waals surface area contributed by atoms with Gasteiger partial charge in [0, 0.05) is 23.7 Å². The molecular formula is C20H19ClN2O4. The Morgan fingerprint density at radius 2 is 1.70 bits per heavy atom. The van der Waals surface area contributed by atoms with Crippen LogP contribution in [-0.2, 0) is 9.53 Å². The van der Waals surface area contributed by atoms with Crippen LogP contribution < -0.4 is 9.64 Å². The molecule has 2 aliphatic heterocycles. The van der Waals surface area contributed by atoms with Gasteiger partial charge in [-0.05, 0) is 36.4 Å². The molecule has 1 saturated heterocycles. The van der Waals surface area contributed by atoms with E-state index in [9.17, 15) is 9.59 Å². The van der Waals surface area contributed by atoms with Gasteiger partial charge in [-0.3, -0.25) is 9.59 Å². The van der Waals surface area contributed by atoms with Crippen molar-refractivity contribution in [3.05, 3.63) is 59.1 Å². The summed E-state index contributed by atoms with van der Waals surface area (Å²) in [5.41, 5.74) is 1.16. The molecule has 7 heteroatoms. The molecule has 2 aromatic carbocycles. The third-order valence-corrected chi connectivity index (χ3v) is 4.96. The Morgan fingerprint density at radius 3 is 2.44 bits per heavy atom. The van der Waals surface area contributed by atoms with Gasteiger partial charge in [-0.2, -0.15) is 0 Å². The minimum absolute atomic E-state index is 0.123. The number of carbonyl (C=O) groups is 2. The highest BCUT2D eigenvalue weighted by molar-refractivity contribution is 6.30. The fourth-order valence-electron chi connectivity index (χ4n) is 3.29. The van der Waals surface area contributed by atoms with Crippen LogP contribution in [0.1, 0.15) is 10.4 Å². The third kappa shape index (κ3) is 3.63. The highest BCUT2D eigenvalue weighted by atomic mass is 35.5. The first-order valence-corrected chi connectivity index (χ1v) is 9.21. The second kappa shape index (κ2) is 7.58. The second-order valence-corrected chi connectivity index (χ2v) is 6.87. The minimum Gasteiger partial charge on any atom is -0.476 e. The molecule has 0 radical (unpaired) electrons. The maximum atomic E-state index is 13.1. The summed E-state index contributed by atoms with van der Waals surface area (Å²) in [5, 5.41) is 0.564. The Balaban J connectivity index is 1.62. The number of anilines is 1. The number of nitrogens with zero attached hydrogens (tertiary/aromatic N) is 2. The van der Waals surface area contributed by atoms with Crippen molar-refractivity contribution in [2.24, 2.45) is 0 Å². The van der Waals surface area contributed by atoms with Crippen LogP contribution in [0.15, 0.2) is 48.5 Å². The number of para-hydroxylation sites is 2. The minimum atomic E-state index is -0.741. The predicted molar refractivity (Wildman–Crippen MR) is 101 cm³/mol. The zero-order chi connectivity index (χ0) is 18.8. The van der Waals surface area contributed by atoms with Gasteiger partial charge in [0.15, 0.2) is 6.10 Å². The number of halogens is 1. The van der Waals surface area contributed by atoms with Crippen LogP contribution in [0.2, 0.25) is 5.02 Å². The van der Waals surface area contributed by atoms with E-state index in [-0.39, 0.29) is 18.4 Å². The fraction of sp³-hybridized carbons (Fsp3) is 0.300. The quantitative estimate of drug-likeness (QED) is 0.796. The lowest BCUT2D eigenvalue weighted by Crippen LogP contribution is -2.54. The molecule has 0 saturated carbocycles. The summed E-state index contributed by atoms with van der Waals surface area (Å²) in [4.78, 5) is 29.3. The summed E-state index contributed by atoms with van der Waals surface area (Å²) >= 11 is 5.93. The average molecular weight is 387 g/mol. The Kier molecular flexibility index (Phi) is 5.01. The summed E-state index contributed by atoms with van der Waals surface area (Å²) in [6.45, 7) is 2.26. The topological polar surface area (TPSA) is 59.1 Å². The monoisotopic (exact) mass is 386 g/mol. The molecule has 6 nitrogen and oxygen atoms in total. The van der Waals surface area contributed by atoms with E-state index in [1.807, 2.05) is 18.2 Å². The molecule has 2 aromatic rings. The van der Waals surface area contributed by atoms with Crippen LogP contribution in [0.3, 0.4) is 0 Å². The van der Waals surface area contributed by atoms with Crippen molar-refractivity contribution >= 4 is 29.1 Å². The van der Waals surface area contributed by atoms with E-state index in [1.54, 1.807) is 40.1 Å². The number of benzene rings is 2. The van der Waals surface area contributed by atoms with Gasteiger partial charge in [0.2, 0.25) is 0 Å². The van der Waals surface area contributed by atoms with Gasteiger partial charge in [-0.25, -0.2) is 0 Å². The summed E-state index contributed by atoms with van der Waals surface area (Å²) in [6.07, 6.45) is -0.741. The molecule has 0 N–H and O–H groups in total. The van der Waals surface area contributed by atoms with Crippen molar-refractivity contribution in [3.63, 3.8) is 0 Å². The van der Waals surface area contributed by atoms with Crippen molar-refractivity contribution in [2.45, 2.75) is 6.10 Å². The Labute approximate surface area is 162 Å². The van der Waals surface area contributed by atoms with Crippen LogP contribution in [0.4, 0.5) is 5.69 Å². The number of carbonyl (C=O) groups excluding carboxylic acids is 2. The lowest BCUT2D eigenvalue weighted by atomic mass is 10.1. The van der Waals surface area contributed by atoms with Crippen LogP contribution in [0.5, 0.6) is 5.75 Å². The van der Waals surface area contributed by atoms with E-state index in [0.29, 0.717) is 48.3 Å². The third-order valence-electron chi connectivity index (χ3n) is 4.71. The summed E-state index contributed by atoms with van der Waals surface area (Å²) < 4.78 is 11.2. The number of ether oxygens (including phenoxy) is 2. The summed E-state index contributed by atoms with van der Waals surface area (Å²) in [7, 11) is 0.